The van der Waals surface area contributed by atoms with Gasteiger partial charge in [0, 0.05) is 54.3 Å². The van der Waals surface area contributed by atoms with Crippen LogP contribution in [0.3, 0.4) is 0 Å². The first-order valence-electron chi connectivity index (χ1n) is 5.36. The third-order valence-corrected chi connectivity index (χ3v) is 4.46. The van der Waals surface area contributed by atoms with Crippen molar-refractivity contribution in [1.82, 2.24) is 4.90 Å². The zero-order valence-electron chi connectivity index (χ0n) is 8.41. The maximum Gasteiger partial charge on any atom is 0.134 e. The number of ketones is 1. The van der Waals surface area contributed by atoms with Crippen LogP contribution < -0.4 is 0 Å². The van der Waals surface area contributed by atoms with Crippen molar-refractivity contribution < 1.29 is 9.00 Å². The molecule has 2 rings (SSSR count). The molecular weight excluding hydrogens is 198 g/mol. The molecule has 1 saturated carbocycles. The van der Waals surface area contributed by atoms with Crippen LogP contribution in [0.1, 0.15) is 25.7 Å². The molecule has 0 radical (unpaired) electrons. The van der Waals surface area contributed by atoms with Gasteiger partial charge < -0.3 is 0 Å². The Labute approximate surface area is 87.3 Å². The van der Waals surface area contributed by atoms with Gasteiger partial charge in [0.15, 0.2) is 0 Å². The van der Waals surface area contributed by atoms with Crippen LogP contribution >= 0.6 is 0 Å². The van der Waals surface area contributed by atoms with Crippen molar-refractivity contribution in [3.63, 3.8) is 0 Å². The monoisotopic (exact) mass is 215 g/mol. The Morgan fingerprint density at radius 2 is 2.00 bits per heavy atom. The minimum absolute atomic E-state index is 0.410. The lowest BCUT2D eigenvalue weighted by molar-refractivity contribution is -0.121. The van der Waals surface area contributed by atoms with Crippen molar-refractivity contribution in [3.05, 3.63) is 0 Å². The molecule has 1 aliphatic carbocycles. The Balaban J connectivity index is 1.88. The molecule has 1 heterocycles. The van der Waals surface area contributed by atoms with E-state index in [4.69, 9.17) is 0 Å². The summed E-state index contributed by atoms with van der Waals surface area (Å²) in [6.07, 6.45) is 3.70. The zero-order chi connectivity index (χ0) is 9.97. The third kappa shape index (κ3) is 2.42. The average molecular weight is 215 g/mol. The lowest BCUT2D eigenvalue weighted by Gasteiger charge is -2.35. The lowest BCUT2D eigenvalue weighted by atomic mass is 9.93. The van der Waals surface area contributed by atoms with Crippen molar-refractivity contribution >= 4 is 16.6 Å². The van der Waals surface area contributed by atoms with E-state index in [0.29, 0.717) is 11.8 Å². The molecule has 14 heavy (non-hydrogen) atoms. The van der Waals surface area contributed by atoms with Gasteiger partial charge >= 0.3 is 0 Å². The highest BCUT2D eigenvalue weighted by atomic mass is 32.2. The molecule has 0 amide bonds. The van der Waals surface area contributed by atoms with E-state index in [1.807, 2.05) is 0 Å². The second-order valence-corrected chi connectivity index (χ2v) is 5.87. The molecule has 0 N–H and O–H groups in total. The molecule has 0 aromatic carbocycles. The van der Waals surface area contributed by atoms with Gasteiger partial charge in [-0.15, -0.1) is 0 Å². The van der Waals surface area contributed by atoms with E-state index in [1.54, 1.807) is 0 Å². The topological polar surface area (TPSA) is 37.4 Å². The number of carbonyl (C=O) groups excluding carboxylic acids is 1. The number of nitrogens with zero attached hydrogens (tertiary/aromatic N) is 1. The van der Waals surface area contributed by atoms with E-state index < -0.39 is 10.8 Å². The fourth-order valence-corrected chi connectivity index (χ4v) is 3.41. The fraction of sp³-hybridized carbons (Fsp3) is 0.900. The predicted molar refractivity (Wildman–Crippen MR) is 56.7 cm³/mol. The van der Waals surface area contributed by atoms with Gasteiger partial charge in [-0.25, -0.2) is 0 Å². The van der Waals surface area contributed by atoms with Gasteiger partial charge in [-0.1, -0.05) is 0 Å². The van der Waals surface area contributed by atoms with Gasteiger partial charge in [0.1, 0.15) is 5.78 Å². The summed E-state index contributed by atoms with van der Waals surface area (Å²) >= 11 is 0. The first kappa shape index (κ1) is 10.3. The summed E-state index contributed by atoms with van der Waals surface area (Å²) in [6.45, 7) is 1.84. The van der Waals surface area contributed by atoms with Crippen molar-refractivity contribution in [2.24, 2.45) is 0 Å². The molecule has 0 aromatic heterocycles. The van der Waals surface area contributed by atoms with Crippen LogP contribution in [-0.4, -0.2) is 45.5 Å². The first-order valence-corrected chi connectivity index (χ1v) is 6.85. The maximum atomic E-state index is 11.3. The van der Waals surface area contributed by atoms with Crippen LogP contribution in [0.15, 0.2) is 0 Å². The molecule has 1 atom stereocenters. The largest absolute Gasteiger partial charge is 0.300 e. The van der Waals surface area contributed by atoms with Gasteiger partial charge in [0.25, 0.3) is 0 Å². The number of hydrogen-bond acceptors (Lipinski definition) is 3. The Kier molecular flexibility index (Phi) is 3.34. The van der Waals surface area contributed by atoms with Crippen LogP contribution in [-0.2, 0) is 15.6 Å². The van der Waals surface area contributed by atoms with Crippen LogP contribution in [0.2, 0.25) is 0 Å². The highest BCUT2D eigenvalue weighted by Crippen LogP contribution is 2.21. The lowest BCUT2D eigenvalue weighted by Crippen LogP contribution is -2.46. The van der Waals surface area contributed by atoms with Crippen LogP contribution in [0, 0.1) is 0 Å². The molecule has 3 nitrogen and oxygen atoms in total. The highest BCUT2D eigenvalue weighted by molar-refractivity contribution is 7.85. The SMILES string of the molecule is O=C1CCCC(N2CCS(=O)CC2)C1. The molecule has 1 saturated heterocycles. The molecule has 0 aromatic rings. The molecule has 4 heteroatoms. The Hall–Kier alpha value is -0.220. The van der Waals surface area contributed by atoms with Gasteiger partial charge in [-0.2, -0.15) is 0 Å². The van der Waals surface area contributed by atoms with E-state index in [-0.39, 0.29) is 0 Å². The zero-order valence-corrected chi connectivity index (χ0v) is 9.22. The Bertz CT molecular complexity index is 245. The summed E-state index contributed by atoms with van der Waals surface area (Å²) in [5.41, 5.74) is 0. The molecule has 0 spiro atoms. The number of rotatable bonds is 1. The molecule has 2 fully saturated rings. The summed E-state index contributed by atoms with van der Waals surface area (Å²) in [6, 6.07) is 0.452. The van der Waals surface area contributed by atoms with E-state index in [2.05, 4.69) is 4.90 Å². The van der Waals surface area contributed by atoms with E-state index in [9.17, 15) is 9.00 Å². The summed E-state index contributed by atoms with van der Waals surface area (Å²) in [4.78, 5) is 13.7. The highest BCUT2D eigenvalue weighted by Gasteiger charge is 2.27. The predicted octanol–water partition coefficient (Wildman–Crippen LogP) is 0.562. The summed E-state index contributed by atoms with van der Waals surface area (Å²) in [5, 5.41) is 0. The third-order valence-electron chi connectivity index (χ3n) is 3.18. The van der Waals surface area contributed by atoms with Gasteiger partial charge in [0.05, 0.1) is 0 Å². The van der Waals surface area contributed by atoms with E-state index >= 15 is 0 Å². The minimum Gasteiger partial charge on any atom is -0.300 e. The second-order valence-electron chi connectivity index (χ2n) is 4.17. The number of carbonyl (C=O) groups is 1. The smallest absolute Gasteiger partial charge is 0.134 e. The van der Waals surface area contributed by atoms with Crippen molar-refractivity contribution in [3.8, 4) is 0 Å². The summed E-state index contributed by atoms with van der Waals surface area (Å²) in [7, 11) is -0.601. The fourth-order valence-electron chi connectivity index (χ4n) is 2.33. The van der Waals surface area contributed by atoms with Gasteiger partial charge in [0.2, 0.25) is 0 Å². The molecule has 1 aliphatic heterocycles. The summed E-state index contributed by atoms with van der Waals surface area (Å²) < 4.78 is 11.2. The Morgan fingerprint density at radius 1 is 1.29 bits per heavy atom. The van der Waals surface area contributed by atoms with E-state index in [1.165, 1.54) is 0 Å². The maximum absolute atomic E-state index is 11.3. The van der Waals surface area contributed by atoms with Gasteiger partial charge in [-0.05, 0) is 12.8 Å². The van der Waals surface area contributed by atoms with Crippen LogP contribution in [0.25, 0.3) is 0 Å². The van der Waals surface area contributed by atoms with Crippen LogP contribution in [0.5, 0.6) is 0 Å². The quantitative estimate of drug-likeness (QED) is 0.641. The number of Topliss-reactive ketones (excluding diaryl/α,β-unsaturated/α-hetero) is 1. The molecule has 2 aliphatic rings. The van der Waals surface area contributed by atoms with Crippen LogP contribution in [0.4, 0.5) is 0 Å². The van der Waals surface area contributed by atoms with E-state index in [0.717, 1.165) is 50.3 Å². The minimum atomic E-state index is -0.601. The van der Waals surface area contributed by atoms with Crippen molar-refractivity contribution in [2.75, 3.05) is 24.6 Å². The summed E-state index contributed by atoms with van der Waals surface area (Å²) in [5.74, 6) is 2.00. The molecular formula is C10H17NO2S. The number of hydrogen-bond donors (Lipinski definition) is 0. The Morgan fingerprint density at radius 3 is 2.64 bits per heavy atom. The standard InChI is InChI=1S/C10H17NO2S/c12-10-3-1-2-9(8-10)11-4-6-14(13)7-5-11/h9H,1-8H2. The average Bonchev–Trinajstić information content (AvgIpc) is 2.19. The molecule has 0 bridgehead atoms. The van der Waals surface area contributed by atoms with Gasteiger partial charge in [-0.3, -0.25) is 13.9 Å². The first-order chi connectivity index (χ1) is 6.75. The molecule has 1 unspecified atom stereocenters. The second kappa shape index (κ2) is 4.53. The normalized spacial score (nSPS) is 32.0. The van der Waals surface area contributed by atoms with Crippen molar-refractivity contribution in [1.29, 1.82) is 0 Å². The molecule has 80 valence electrons. The van der Waals surface area contributed by atoms with Crippen molar-refractivity contribution in [2.45, 2.75) is 31.7 Å².